The second-order valence-electron chi connectivity index (χ2n) is 16.8. The van der Waals surface area contributed by atoms with Crippen molar-refractivity contribution in [3.8, 4) is 55.6 Å². The van der Waals surface area contributed by atoms with Crippen molar-refractivity contribution >= 4 is 53.9 Å². The largest absolute Gasteiger partial charge is 0.0619 e. The van der Waals surface area contributed by atoms with E-state index in [-0.39, 0.29) is 5.41 Å². The molecule has 0 saturated heterocycles. The molecule has 0 N–H and O–H groups in total. The van der Waals surface area contributed by atoms with Crippen LogP contribution in [0.1, 0.15) is 25.0 Å². The van der Waals surface area contributed by atoms with E-state index in [9.17, 15) is 0 Å². The van der Waals surface area contributed by atoms with E-state index in [1.807, 2.05) is 0 Å². The fourth-order valence-electron chi connectivity index (χ4n) is 10.3. The molecule has 0 saturated carbocycles. The lowest BCUT2D eigenvalue weighted by molar-refractivity contribution is 0.660. The number of rotatable bonds is 4. The Bertz CT molecular complexity index is 3510. The molecule has 0 nitrogen and oxygen atoms in total. The van der Waals surface area contributed by atoms with Crippen LogP contribution in [0.3, 0.4) is 0 Å². The van der Waals surface area contributed by atoms with E-state index in [1.165, 1.54) is 121 Å². The van der Waals surface area contributed by atoms with Crippen molar-refractivity contribution in [2.75, 3.05) is 0 Å². The molecule has 11 aromatic rings. The average Bonchev–Trinajstić information content (AvgIpc) is 3.52. The van der Waals surface area contributed by atoms with Crippen molar-refractivity contribution in [2.24, 2.45) is 0 Å². The molecular formula is C59H40. The smallest absolute Gasteiger partial charge is 0.0158 e. The molecule has 276 valence electrons. The van der Waals surface area contributed by atoms with E-state index in [0.29, 0.717) is 0 Å². The predicted octanol–water partition coefficient (Wildman–Crippen LogP) is 16.4. The maximum absolute atomic E-state index is 2.47. The molecule has 11 aromatic carbocycles. The molecule has 1 aliphatic rings. The van der Waals surface area contributed by atoms with Crippen LogP contribution < -0.4 is 0 Å². The molecule has 0 radical (unpaired) electrons. The predicted molar refractivity (Wildman–Crippen MR) is 253 cm³/mol. The molecule has 0 spiro atoms. The van der Waals surface area contributed by atoms with E-state index in [0.717, 1.165) is 0 Å². The van der Waals surface area contributed by atoms with Gasteiger partial charge in [0, 0.05) is 5.41 Å². The Balaban J connectivity index is 1.10. The van der Waals surface area contributed by atoms with Gasteiger partial charge < -0.3 is 0 Å². The minimum atomic E-state index is -0.0486. The molecule has 0 atom stereocenters. The van der Waals surface area contributed by atoms with Gasteiger partial charge in [0.15, 0.2) is 0 Å². The lowest BCUT2D eigenvalue weighted by Crippen LogP contribution is -2.14. The summed E-state index contributed by atoms with van der Waals surface area (Å²) in [5, 5.41) is 12.7. The fourth-order valence-corrected chi connectivity index (χ4v) is 10.3. The third-order valence-electron chi connectivity index (χ3n) is 13.2. The Morgan fingerprint density at radius 1 is 0.254 bits per heavy atom. The maximum Gasteiger partial charge on any atom is 0.0158 e. The van der Waals surface area contributed by atoms with Gasteiger partial charge >= 0.3 is 0 Å². The zero-order valence-electron chi connectivity index (χ0n) is 33.1. The van der Waals surface area contributed by atoms with Gasteiger partial charge in [-0.15, -0.1) is 0 Å². The molecule has 1 aliphatic carbocycles. The van der Waals surface area contributed by atoms with Crippen molar-refractivity contribution in [3.63, 3.8) is 0 Å². The Hall–Kier alpha value is -7.28. The van der Waals surface area contributed by atoms with E-state index >= 15 is 0 Å². The van der Waals surface area contributed by atoms with Gasteiger partial charge in [-0.3, -0.25) is 0 Å². The van der Waals surface area contributed by atoms with Crippen LogP contribution in [-0.2, 0) is 5.41 Å². The first-order valence-electron chi connectivity index (χ1n) is 20.7. The third kappa shape index (κ3) is 5.16. The SMILES string of the molecule is CC1(C)c2ccccc2-c2cc(-c3c4ccccc4c(-c4ccc(-c5cc6ccccc6c6ccccc56)cc4)c4ccc(-c5ccc6ccccc6c5)cc34)ccc21. The zero-order valence-corrected chi connectivity index (χ0v) is 33.1. The molecule has 0 fully saturated rings. The molecule has 0 unspecified atom stereocenters. The molecule has 0 bridgehead atoms. The highest BCUT2D eigenvalue weighted by Gasteiger charge is 2.35. The van der Waals surface area contributed by atoms with Crippen molar-refractivity contribution in [1.82, 2.24) is 0 Å². The second-order valence-corrected chi connectivity index (χ2v) is 16.8. The first-order chi connectivity index (χ1) is 29.0. The maximum atomic E-state index is 2.47. The summed E-state index contributed by atoms with van der Waals surface area (Å²) in [7, 11) is 0. The molecule has 0 aromatic heterocycles. The van der Waals surface area contributed by atoms with Gasteiger partial charge in [0.25, 0.3) is 0 Å². The first kappa shape index (κ1) is 33.8. The highest BCUT2D eigenvalue weighted by Crippen LogP contribution is 2.52. The van der Waals surface area contributed by atoms with Crippen LogP contribution in [0.15, 0.2) is 206 Å². The standard InChI is InChI=1S/C59H40/c1-59(2)55-22-12-11-19-48(55)53-36-44(30-32-56(53)59)58-50-21-10-9-20-49(50)57(51-31-29-42(34-54(51)58)41-28-23-37-13-3-4-14-40(37)33-41)39-26-24-38(25-27-39)52-35-43-15-5-6-16-45(43)46-17-7-8-18-47(46)52/h3-36H,1-2H3. The summed E-state index contributed by atoms with van der Waals surface area (Å²) in [5.41, 5.74) is 15.4. The van der Waals surface area contributed by atoms with Crippen LogP contribution in [0.2, 0.25) is 0 Å². The summed E-state index contributed by atoms with van der Waals surface area (Å²) in [5.74, 6) is 0. The molecule has 0 amide bonds. The highest BCUT2D eigenvalue weighted by molar-refractivity contribution is 6.22. The fraction of sp³-hybridized carbons (Fsp3) is 0.0508. The van der Waals surface area contributed by atoms with Crippen LogP contribution in [0.5, 0.6) is 0 Å². The number of hydrogen-bond donors (Lipinski definition) is 0. The van der Waals surface area contributed by atoms with Gasteiger partial charge in [-0.2, -0.15) is 0 Å². The Morgan fingerprint density at radius 2 is 0.780 bits per heavy atom. The van der Waals surface area contributed by atoms with Crippen LogP contribution in [-0.4, -0.2) is 0 Å². The molecule has 59 heavy (non-hydrogen) atoms. The van der Waals surface area contributed by atoms with Crippen LogP contribution >= 0.6 is 0 Å². The summed E-state index contributed by atoms with van der Waals surface area (Å²) < 4.78 is 0. The first-order valence-corrected chi connectivity index (χ1v) is 20.7. The molecule has 12 rings (SSSR count). The van der Waals surface area contributed by atoms with E-state index in [2.05, 4.69) is 220 Å². The van der Waals surface area contributed by atoms with Crippen LogP contribution in [0, 0.1) is 0 Å². The van der Waals surface area contributed by atoms with Gasteiger partial charge in [-0.05, 0) is 145 Å². The van der Waals surface area contributed by atoms with Crippen LogP contribution in [0.4, 0.5) is 0 Å². The summed E-state index contributed by atoms with van der Waals surface area (Å²) in [6.45, 7) is 4.72. The monoisotopic (exact) mass is 748 g/mol. The lowest BCUT2D eigenvalue weighted by atomic mass is 9.81. The van der Waals surface area contributed by atoms with Crippen molar-refractivity contribution in [2.45, 2.75) is 19.3 Å². The summed E-state index contributed by atoms with van der Waals surface area (Å²) in [6, 6.07) is 77.1. The van der Waals surface area contributed by atoms with Crippen molar-refractivity contribution < 1.29 is 0 Å². The lowest BCUT2D eigenvalue weighted by Gasteiger charge is -2.22. The van der Waals surface area contributed by atoms with E-state index in [4.69, 9.17) is 0 Å². The third-order valence-corrected chi connectivity index (χ3v) is 13.2. The average molecular weight is 749 g/mol. The van der Waals surface area contributed by atoms with Crippen molar-refractivity contribution in [1.29, 1.82) is 0 Å². The molecule has 0 heteroatoms. The topological polar surface area (TPSA) is 0 Å². The summed E-state index contributed by atoms with van der Waals surface area (Å²) >= 11 is 0. The van der Waals surface area contributed by atoms with Gasteiger partial charge in [-0.25, -0.2) is 0 Å². The van der Waals surface area contributed by atoms with Crippen LogP contribution in [0.25, 0.3) is 109 Å². The Kier molecular flexibility index (Phi) is 7.38. The van der Waals surface area contributed by atoms with E-state index in [1.54, 1.807) is 0 Å². The quantitative estimate of drug-likeness (QED) is 0.124. The Morgan fingerprint density at radius 3 is 1.58 bits per heavy atom. The zero-order chi connectivity index (χ0) is 39.2. The minimum absolute atomic E-state index is 0.0486. The second kappa shape index (κ2) is 12.9. The van der Waals surface area contributed by atoms with Gasteiger partial charge in [0.05, 0.1) is 0 Å². The number of fused-ring (bicyclic) bond motifs is 9. The van der Waals surface area contributed by atoms with Gasteiger partial charge in [0.2, 0.25) is 0 Å². The molecule has 0 heterocycles. The van der Waals surface area contributed by atoms with E-state index < -0.39 is 0 Å². The minimum Gasteiger partial charge on any atom is -0.0619 e. The normalized spacial score (nSPS) is 13.1. The molecular weight excluding hydrogens is 709 g/mol. The number of benzene rings is 11. The molecule has 0 aliphatic heterocycles. The summed E-state index contributed by atoms with van der Waals surface area (Å²) in [4.78, 5) is 0. The Labute approximate surface area is 344 Å². The highest BCUT2D eigenvalue weighted by atomic mass is 14.4. The van der Waals surface area contributed by atoms with Gasteiger partial charge in [0.1, 0.15) is 0 Å². The van der Waals surface area contributed by atoms with Crippen molar-refractivity contribution in [3.05, 3.63) is 217 Å². The van der Waals surface area contributed by atoms with Gasteiger partial charge in [-0.1, -0.05) is 196 Å². The summed E-state index contributed by atoms with van der Waals surface area (Å²) in [6.07, 6.45) is 0. The number of hydrogen-bond acceptors (Lipinski definition) is 0.